The summed E-state index contributed by atoms with van der Waals surface area (Å²) in [6, 6.07) is 4.52. The number of hydrogen-bond donors (Lipinski definition) is 2. The fraction of sp³-hybridized carbons (Fsp3) is 0.353. The maximum absolute atomic E-state index is 11.6. The van der Waals surface area contributed by atoms with Crippen LogP contribution in [0.5, 0.6) is 0 Å². The predicted octanol–water partition coefficient (Wildman–Crippen LogP) is 3.32. The lowest BCUT2D eigenvalue weighted by Crippen LogP contribution is -2.44. The third-order valence-corrected chi connectivity index (χ3v) is 4.50. The Morgan fingerprint density at radius 3 is 2.64 bits per heavy atom. The molecule has 0 aromatic heterocycles. The summed E-state index contributed by atoms with van der Waals surface area (Å²) in [4.78, 5) is 34.8. The van der Waals surface area contributed by atoms with Gasteiger partial charge in [-0.15, -0.1) is 0 Å². The van der Waals surface area contributed by atoms with E-state index in [0.717, 1.165) is 31.8 Å². The molecule has 1 saturated carbocycles. The summed E-state index contributed by atoms with van der Waals surface area (Å²) in [6.45, 7) is -0.551. The Bertz CT molecular complexity index is 685. The van der Waals surface area contributed by atoms with E-state index in [1.165, 1.54) is 6.08 Å². The Balaban J connectivity index is 1.73. The van der Waals surface area contributed by atoms with Gasteiger partial charge in [-0.2, -0.15) is 0 Å². The highest BCUT2D eigenvalue weighted by Gasteiger charge is 2.18. The molecule has 0 spiro atoms. The van der Waals surface area contributed by atoms with Crippen LogP contribution in [0.3, 0.4) is 0 Å². The van der Waals surface area contributed by atoms with Crippen molar-refractivity contribution < 1.29 is 19.1 Å². The molecule has 1 aliphatic carbocycles. The Hall–Kier alpha value is -2.05. The van der Waals surface area contributed by atoms with Gasteiger partial charge in [0, 0.05) is 12.1 Å². The van der Waals surface area contributed by atoms with E-state index in [2.05, 4.69) is 10.6 Å². The zero-order valence-electron chi connectivity index (χ0n) is 13.4. The van der Waals surface area contributed by atoms with Crippen molar-refractivity contribution in [1.82, 2.24) is 10.6 Å². The lowest BCUT2D eigenvalue weighted by Gasteiger charge is -2.12. The Labute approximate surface area is 155 Å². The maximum Gasteiger partial charge on any atom is 0.331 e. The number of hydrogen-bond acceptors (Lipinski definition) is 4. The summed E-state index contributed by atoms with van der Waals surface area (Å²) < 4.78 is 4.77. The molecular formula is C17H18Cl2N2O4. The van der Waals surface area contributed by atoms with Crippen LogP contribution in [-0.4, -0.2) is 30.6 Å². The molecule has 0 saturated heterocycles. The minimum absolute atomic E-state index is 0.0979. The number of benzene rings is 1. The molecule has 1 aliphatic rings. The first-order valence-electron chi connectivity index (χ1n) is 7.85. The van der Waals surface area contributed by atoms with Gasteiger partial charge in [-0.1, -0.05) is 48.2 Å². The number of carbonyl (C=O) groups is 3. The predicted molar refractivity (Wildman–Crippen MR) is 95.4 cm³/mol. The van der Waals surface area contributed by atoms with Gasteiger partial charge in [-0.3, -0.25) is 10.1 Å². The van der Waals surface area contributed by atoms with Crippen LogP contribution in [-0.2, 0) is 14.3 Å². The van der Waals surface area contributed by atoms with Gasteiger partial charge in [0.15, 0.2) is 6.61 Å². The van der Waals surface area contributed by atoms with Gasteiger partial charge in [0.1, 0.15) is 0 Å². The van der Waals surface area contributed by atoms with E-state index in [0.29, 0.717) is 15.6 Å². The molecular weight excluding hydrogens is 367 g/mol. The minimum Gasteiger partial charge on any atom is -0.452 e. The first kappa shape index (κ1) is 19.3. The first-order valence-corrected chi connectivity index (χ1v) is 8.60. The number of carbonyl (C=O) groups excluding carboxylic acids is 3. The highest BCUT2D eigenvalue weighted by molar-refractivity contribution is 6.42. The van der Waals surface area contributed by atoms with E-state index >= 15 is 0 Å². The lowest BCUT2D eigenvalue weighted by molar-refractivity contribution is -0.143. The average molecular weight is 385 g/mol. The first-order chi connectivity index (χ1) is 12.0. The molecule has 0 bridgehead atoms. The fourth-order valence-electron chi connectivity index (χ4n) is 2.45. The molecule has 8 heteroatoms. The molecule has 1 fully saturated rings. The number of nitrogens with one attached hydrogen (secondary N) is 2. The second-order valence-electron chi connectivity index (χ2n) is 5.59. The largest absolute Gasteiger partial charge is 0.452 e. The van der Waals surface area contributed by atoms with Gasteiger partial charge in [-0.25, -0.2) is 9.59 Å². The molecule has 25 heavy (non-hydrogen) atoms. The smallest absolute Gasteiger partial charge is 0.331 e. The van der Waals surface area contributed by atoms with Gasteiger partial charge in [0.05, 0.1) is 10.0 Å². The van der Waals surface area contributed by atoms with Crippen LogP contribution >= 0.6 is 23.2 Å². The number of amides is 3. The van der Waals surface area contributed by atoms with E-state index in [-0.39, 0.29) is 6.04 Å². The topological polar surface area (TPSA) is 84.5 Å². The van der Waals surface area contributed by atoms with Crippen LogP contribution < -0.4 is 10.6 Å². The van der Waals surface area contributed by atoms with Crippen molar-refractivity contribution >= 4 is 47.2 Å². The number of urea groups is 1. The molecule has 0 aliphatic heterocycles. The fourth-order valence-corrected chi connectivity index (χ4v) is 2.82. The Morgan fingerprint density at radius 1 is 1.20 bits per heavy atom. The molecule has 2 rings (SSSR count). The third kappa shape index (κ3) is 6.40. The van der Waals surface area contributed by atoms with Gasteiger partial charge >= 0.3 is 12.0 Å². The van der Waals surface area contributed by atoms with E-state index in [4.69, 9.17) is 27.9 Å². The van der Waals surface area contributed by atoms with Crippen LogP contribution in [0.2, 0.25) is 10.0 Å². The summed E-state index contributed by atoms with van der Waals surface area (Å²) in [6.07, 6.45) is 6.52. The molecule has 3 amide bonds. The molecule has 1 aromatic rings. The number of esters is 1. The van der Waals surface area contributed by atoms with E-state index in [1.807, 2.05) is 0 Å². The van der Waals surface area contributed by atoms with Gasteiger partial charge in [-0.05, 0) is 30.5 Å². The molecule has 0 radical (unpaired) electrons. The minimum atomic E-state index is -0.734. The number of halogens is 2. The molecule has 0 unspecified atom stereocenters. The monoisotopic (exact) mass is 384 g/mol. The zero-order valence-corrected chi connectivity index (χ0v) is 14.9. The van der Waals surface area contributed by atoms with Crippen molar-refractivity contribution in [3.05, 3.63) is 39.9 Å². The van der Waals surface area contributed by atoms with Gasteiger partial charge in [0.2, 0.25) is 0 Å². The standard InChI is InChI=1S/C17H18Cl2N2O4/c18-13-7-3-4-11(16(13)19)8-9-15(23)25-10-14(22)21-17(24)20-12-5-1-2-6-12/h3-4,7-9,12H,1-2,5-6,10H2,(H2,20,21,22,24). The quantitative estimate of drug-likeness (QED) is 0.602. The van der Waals surface area contributed by atoms with Crippen molar-refractivity contribution in [1.29, 1.82) is 0 Å². The van der Waals surface area contributed by atoms with Crippen LogP contribution in [0.1, 0.15) is 31.2 Å². The lowest BCUT2D eigenvalue weighted by atomic mass is 10.2. The molecule has 1 aromatic carbocycles. The SMILES string of the molecule is O=C(COC(=O)C=Cc1cccc(Cl)c1Cl)NC(=O)NC1CCCC1. The Kier molecular flexibility index (Phi) is 7.28. The van der Waals surface area contributed by atoms with Crippen LogP contribution in [0.15, 0.2) is 24.3 Å². The van der Waals surface area contributed by atoms with Gasteiger partial charge in [0.25, 0.3) is 5.91 Å². The molecule has 134 valence electrons. The zero-order chi connectivity index (χ0) is 18.2. The van der Waals surface area contributed by atoms with Crippen molar-refractivity contribution in [2.75, 3.05) is 6.61 Å². The normalized spacial score (nSPS) is 14.5. The summed E-state index contributed by atoms with van der Waals surface area (Å²) in [5.74, 6) is -1.43. The number of rotatable bonds is 5. The highest BCUT2D eigenvalue weighted by Crippen LogP contribution is 2.26. The van der Waals surface area contributed by atoms with Crippen LogP contribution in [0, 0.1) is 0 Å². The second kappa shape index (κ2) is 9.44. The molecule has 6 nitrogen and oxygen atoms in total. The highest BCUT2D eigenvalue weighted by atomic mass is 35.5. The third-order valence-electron chi connectivity index (χ3n) is 3.67. The van der Waals surface area contributed by atoms with E-state index in [1.54, 1.807) is 18.2 Å². The van der Waals surface area contributed by atoms with Crippen LogP contribution in [0.4, 0.5) is 4.79 Å². The van der Waals surface area contributed by atoms with E-state index < -0.39 is 24.5 Å². The van der Waals surface area contributed by atoms with Crippen LogP contribution in [0.25, 0.3) is 6.08 Å². The number of imide groups is 1. The average Bonchev–Trinajstić information content (AvgIpc) is 3.07. The second-order valence-corrected chi connectivity index (χ2v) is 6.37. The van der Waals surface area contributed by atoms with E-state index in [9.17, 15) is 14.4 Å². The molecule has 0 heterocycles. The van der Waals surface area contributed by atoms with Crippen molar-refractivity contribution in [2.45, 2.75) is 31.7 Å². The summed E-state index contributed by atoms with van der Waals surface area (Å²) in [5.41, 5.74) is 0.548. The van der Waals surface area contributed by atoms with Crippen molar-refractivity contribution in [3.63, 3.8) is 0 Å². The maximum atomic E-state index is 11.6. The summed E-state index contributed by atoms with van der Waals surface area (Å²) >= 11 is 11.9. The number of ether oxygens (including phenoxy) is 1. The van der Waals surface area contributed by atoms with Crippen molar-refractivity contribution in [2.24, 2.45) is 0 Å². The summed E-state index contributed by atoms with van der Waals surface area (Å²) in [7, 11) is 0. The Morgan fingerprint density at radius 2 is 1.92 bits per heavy atom. The molecule has 0 atom stereocenters. The molecule has 2 N–H and O–H groups in total. The van der Waals surface area contributed by atoms with Gasteiger partial charge < -0.3 is 10.1 Å². The van der Waals surface area contributed by atoms with Crippen molar-refractivity contribution in [3.8, 4) is 0 Å². The summed E-state index contributed by atoms with van der Waals surface area (Å²) in [5, 5.41) is 5.51.